The molecule has 0 atom stereocenters. The minimum absolute atomic E-state index is 0.0646. The SMILES string of the molecule is COc1ccc(S(=O)(=O)N(CC(=O)N(C)C)c2ccc(Cl)cc2)cc1. The number of carbonyl (C=O) groups is 1. The zero-order valence-electron chi connectivity index (χ0n) is 14.1. The molecule has 25 heavy (non-hydrogen) atoms. The Morgan fingerprint density at radius 3 is 2.08 bits per heavy atom. The lowest BCUT2D eigenvalue weighted by molar-refractivity contribution is -0.127. The minimum Gasteiger partial charge on any atom is -0.497 e. The van der Waals surface area contributed by atoms with E-state index in [9.17, 15) is 13.2 Å². The molecule has 2 rings (SSSR count). The van der Waals surface area contributed by atoms with Gasteiger partial charge in [0.05, 0.1) is 17.7 Å². The molecule has 2 aromatic rings. The van der Waals surface area contributed by atoms with Gasteiger partial charge in [0.25, 0.3) is 10.0 Å². The predicted molar refractivity (Wildman–Crippen MR) is 97.7 cm³/mol. The molecule has 0 aliphatic carbocycles. The van der Waals surface area contributed by atoms with Gasteiger partial charge in [-0.3, -0.25) is 9.10 Å². The van der Waals surface area contributed by atoms with Gasteiger partial charge in [-0.15, -0.1) is 0 Å². The van der Waals surface area contributed by atoms with Gasteiger partial charge in [0, 0.05) is 19.1 Å². The minimum atomic E-state index is -3.93. The molecular formula is C17H19ClN2O4S. The van der Waals surface area contributed by atoms with E-state index in [1.165, 1.54) is 24.1 Å². The van der Waals surface area contributed by atoms with Crippen molar-refractivity contribution >= 4 is 33.2 Å². The number of amides is 1. The Hall–Kier alpha value is -2.25. The van der Waals surface area contributed by atoms with Crippen LogP contribution in [0.2, 0.25) is 5.02 Å². The third-order valence-electron chi connectivity index (χ3n) is 3.54. The standard InChI is InChI=1S/C17H19ClN2O4S/c1-19(2)17(21)12-20(14-6-4-13(18)5-7-14)25(22,23)16-10-8-15(24-3)9-11-16/h4-11H,12H2,1-3H3. The monoisotopic (exact) mass is 382 g/mol. The Kier molecular flexibility index (Phi) is 5.92. The van der Waals surface area contributed by atoms with Crippen molar-refractivity contribution < 1.29 is 17.9 Å². The summed E-state index contributed by atoms with van der Waals surface area (Å²) in [7, 11) is 0.710. The van der Waals surface area contributed by atoms with Gasteiger partial charge in [0.1, 0.15) is 12.3 Å². The van der Waals surface area contributed by atoms with E-state index in [-0.39, 0.29) is 17.3 Å². The maximum absolute atomic E-state index is 13.1. The van der Waals surface area contributed by atoms with E-state index in [0.717, 1.165) is 4.31 Å². The molecule has 0 unspecified atom stereocenters. The summed E-state index contributed by atoms with van der Waals surface area (Å²) in [6.45, 7) is -0.316. The van der Waals surface area contributed by atoms with E-state index < -0.39 is 10.0 Å². The maximum atomic E-state index is 13.1. The molecule has 0 aliphatic rings. The molecule has 0 radical (unpaired) electrons. The fourth-order valence-electron chi connectivity index (χ4n) is 2.06. The lowest BCUT2D eigenvalue weighted by Gasteiger charge is -2.25. The third-order valence-corrected chi connectivity index (χ3v) is 5.58. The predicted octanol–water partition coefficient (Wildman–Crippen LogP) is 2.63. The number of sulfonamides is 1. The van der Waals surface area contributed by atoms with E-state index in [0.29, 0.717) is 16.5 Å². The fraction of sp³-hybridized carbons (Fsp3) is 0.235. The smallest absolute Gasteiger partial charge is 0.264 e. The van der Waals surface area contributed by atoms with Crippen molar-refractivity contribution in [3.8, 4) is 5.75 Å². The van der Waals surface area contributed by atoms with Crippen molar-refractivity contribution in [1.82, 2.24) is 4.90 Å². The Labute approximate surface area is 152 Å². The van der Waals surface area contributed by atoms with Crippen molar-refractivity contribution in [2.24, 2.45) is 0 Å². The van der Waals surface area contributed by atoms with Gasteiger partial charge >= 0.3 is 0 Å². The zero-order chi connectivity index (χ0) is 18.6. The van der Waals surface area contributed by atoms with Crippen LogP contribution in [-0.4, -0.2) is 47.0 Å². The van der Waals surface area contributed by atoms with Crippen molar-refractivity contribution in [1.29, 1.82) is 0 Å². The van der Waals surface area contributed by atoms with Crippen molar-refractivity contribution in [2.45, 2.75) is 4.90 Å². The Morgan fingerprint density at radius 2 is 1.60 bits per heavy atom. The van der Waals surface area contributed by atoms with E-state index in [1.54, 1.807) is 50.5 Å². The zero-order valence-corrected chi connectivity index (χ0v) is 15.7. The van der Waals surface area contributed by atoms with Crippen molar-refractivity contribution in [3.63, 3.8) is 0 Å². The molecule has 0 spiro atoms. The number of rotatable bonds is 6. The summed E-state index contributed by atoms with van der Waals surface area (Å²) >= 11 is 5.88. The molecular weight excluding hydrogens is 364 g/mol. The summed E-state index contributed by atoms with van der Waals surface area (Å²) in [5.41, 5.74) is 0.357. The Morgan fingerprint density at radius 1 is 1.04 bits per heavy atom. The summed E-state index contributed by atoms with van der Waals surface area (Å²) in [6, 6.07) is 12.3. The average Bonchev–Trinajstić information content (AvgIpc) is 2.60. The number of ether oxygens (including phenoxy) is 1. The summed E-state index contributed by atoms with van der Waals surface area (Å²) < 4.78 is 32.2. The Balaban J connectivity index is 2.48. The quantitative estimate of drug-likeness (QED) is 0.770. The van der Waals surface area contributed by atoms with Crippen molar-refractivity contribution in [3.05, 3.63) is 53.6 Å². The highest BCUT2D eigenvalue weighted by Crippen LogP contribution is 2.26. The van der Waals surface area contributed by atoms with Gasteiger partial charge in [0.15, 0.2) is 0 Å². The second-order valence-electron chi connectivity index (χ2n) is 5.45. The van der Waals surface area contributed by atoms with Crippen LogP contribution in [0.4, 0.5) is 5.69 Å². The highest BCUT2D eigenvalue weighted by Gasteiger charge is 2.27. The first-order valence-electron chi connectivity index (χ1n) is 7.38. The number of nitrogens with zero attached hydrogens (tertiary/aromatic N) is 2. The number of methoxy groups -OCH3 is 1. The summed E-state index contributed by atoms with van der Waals surface area (Å²) in [4.78, 5) is 13.6. The first kappa shape index (κ1) is 19.1. The molecule has 0 saturated heterocycles. The average molecular weight is 383 g/mol. The van der Waals surface area contributed by atoms with Gasteiger partial charge < -0.3 is 9.64 Å². The number of benzene rings is 2. The van der Waals surface area contributed by atoms with E-state index in [1.807, 2.05) is 0 Å². The van der Waals surface area contributed by atoms with Crippen LogP contribution in [0.3, 0.4) is 0 Å². The van der Waals surface area contributed by atoms with Crippen LogP contribution >= 0.6 is 11.6 Å². The van der Waals surface area contributed by atoms with Gasteiger partial charge in [-0.1, -0.05) is 11.6 Å². The Bertz CT molecular complexity index is 834. The molecule has 0 fully saturated rings. The van der Waals surface area contributed by atoms with E-state index in [2.05, 4.69) is 0 Å². The van der Waals surface area contributed by atoms with Crippen LogP contribution < -0.4 is 9.04 Å². The third kappa shape index (κ3) is 4.43. The van der Waals surface area contributed by atoms with Crippen LogP contribution in [0.1, 0.15) is 0 Å². The number of halogens is 1. The fourth-order valence-corrected chi connectivity index (χ4v) is 3.60. The maximum Gasteiger partial charge on any atom is 0.264 e. The molecule has 134 valence electrons. The number of hydrogen-bond donors (Lipinski definition) is 0. The molecule has 2 aromatic carbocycles. The summed E-state index contributed by atoms with van der Waals surface area (Å²) in [5.74, 6) is 0.202. The van der Waals surface area contributed by atoms with Crippen LogP contribution in [0, 0.1) is 0 Å². The number of carbonyl (C=O) groups excluding carboxylic acids is 1. The molecule has 6 nitrogen and oxygen atoms in total. The van der Waals surface area contributed by atoms with Crippen LogP contribution in [-0.2, 0) is 14.8 Å². The van der Waals surface area contributed by atoms with E-state index in [4.69, 9.17) is 16.3 Å². The number of anilines is 1. The lowest BCUT2D eigenvalue weighted by atomic mass is 10.3. The van der Waals surface area contributed by atoms with Crippen LogP contribution in [0.15, 0.2) is 53.4 Å². The number of likely N-dealkylation sites (N-methyl/N-ethyl adjacent to an activating group) is 1. The molecule has 0 heterocycles. The van der Waals surface area contributed by atoms with E-state index >= 15 is 0 Å². The second kappa shape index (κ2) is 7.76. The van der Waals surface area contributed by atoms with Gasteiger partial charge in [-0.05, 0) is 48.5 Å². The second-order valence-corrected chi connectivity index (χ2v) is 7.75. The van der Waals surface area contributed by atoms with Crippen LogP contribution in [0.25, 0.3) is 0 Å². The summed E-state index contributed by atoms with van der Waals surface area (Å²) in [6.07, 6.45) is 0. The van der Waals surface area contributed by atoms with Crippen molar-refractivity contribution in [2.75, 3.05) is 32.1 Å². The summed E-state index contributed by atoms with van der Waals surface area (Å²) in [5, 5.41) is 0.476. The molecule has 8 heteroatoms. The molecule has 0 aromatic heterocycles. The topological polar surface area (TPSA) is 66.9 Å². The van der Waals surface area contributed by atoms with Crippen LogP contribution in [0.5, 0.6) is 5.75 Å². The molecule has 1 amide bonds. The lowest BCUT2D eigenvalue weighted by Crippen LogP contribution is -2.40. The molecule has 0 aliphatic heterocycles. The normalized spacial score (nSPS) is 11.0. The number of hydrogen-bond acceptors (Lipinski definition) is 4. The highest BCUT2D eigenvalue weighted by atomic mass is 35.5. The highest BCUT2D eigenvalue weighted by molar-refractivity contribution is 7.92. The molecule has 0 saturated carbocycles. The first-order chi connectivity index (χ1) is 11.8. The van der Waals surface area contributed by atoms with Gasteiger partial charge in [-0.25, -0.2) is 8.42 Å². The first-order valence-corrected chi connectivity index (χ1v) is 9.20. The van der Waals surface area contributed by atoms with Gasteiger partial charge in [-0.2, -0.15) is 0 Å². The van der Waals surface area contributed by atoms with Gasteiger partial charge in [0.2, 0.25) is 5.91 Å². The molecule has 0 N–H and O–H groups in total. The molecule has 0 bridgehead atoms. The largest absolute Gasteiger partial charge is 0.497 e.